The van der Waals surface area contributed by atoms with E-state index in [2.05, 4.69) is 30.4 Å². The Kier molecular flexibility index (Phi) is 3.39. The molecule has 2 aromatic rings. The van der Waals surface area contributed by atoms with Crippen molar-refractivity contribution in [2.75, 3.05) is 14.2 Å². The quantitative estimate of drug-likeness (QED) is 0.918. The first kappa shape index (κ1) is 14.1. The van der Waals surface area contributed by atoms with Gasteiger partial charge in [0, 0.05) is 28.3 Å². The van der Waals surface area contributed by atoms with Crippen LogP contribution in [0.3, 0.4) is 0 Å². The molecule has 0 saturated heterocycles. The van der Waals surface area contributed by atoms with Crippen molar-refractivity contribution in [3.05, 3.63) is 44.6 Å². The summed E-state index contributed by atoms with van der Waals surface area (Å²) in [5.74, 6) is 2.11. The SMILES string of the molecule is COc1cc2c(cc1OC)[C@H]1c3cc(C)sc3CN[C@@H]1CC2. The lowest BCUT2D eigenvalue weighted by atomic mass is 9.74. The molecule has 0 radical (unpaired) electrons. The molecule has 116 valence electrons. The maximum Gasteiger partial charge on any atom is 0.161 e. The molecule has 1 aromatic carbocycles. The molecule has 0 spiro atoms. The molecule has 22 heavy (non-hydrogen) atoms. The van der Waals surface area contributed by atoms with Gasteiger partial charge in [-0.05, 0) is 54.7 Å². The molecule has 2 heterocycles. The van der Waals surface area contributed by atoms with E-state index < -0.39 is 0 Å². The van der Waals surface area contributed by atoms with Gasteiger partial charge in [-0.15, -0.1) is 11.3 Å². The predicted octanol–water partition coefficient (Wildman–Crippen LogP) is 3.62. The van der Waals surface area contributed by atoms with Crippen LogP contribution in [0.5, 0.6) is 11.5 Å². The second kappa shape index (κ2) is 5.28. The zero-order valence-electron chi connectivity index (χ0n) is 13.2. The number of aryl methyl sites for hydroxylation is 2. The highest BCUT2D eigenvalue weighted by atomic mass is 32.1. The van der Waals surface area contributed by atoms with E-state index in [0.29, 0.717) is 12.0 Å². The molecule has 0 fully saturated rings. The molecule has 3 nitrogen and oxygen atoms in total. The molecule has 2 atom stereocenters. The highest BCUT2D eigenvalue weighted by molar-refractivity contribution is 7.12. The first-order valence-electron chi connectivity index (χ1n) is 7.78. The molecule has 0 saturated carbocycles. The Bertz CT molecular complexity index is 722. The molecule has 0 unspecified atom stereocenters. The number of methoxy groups -OCH3 is 2. The average molecular weight is 315 g/mol. The second-order valence-corrected chi connectivity index (χ2v) is 7.49. The van der Waals surface area contributed by atoms with E-state index >= 15 is 0 Å². The standard InChI is InChI=1S/C18H21NO2S/c1-10-6-13-17(22-10)9-19-14-5-4-11-7-15(20-2)16(21-3)8-12(11)18(13)14/h6-8,14,18-19H,4-5,9H2,1-3H3/t14-,18+/m1/s1. The van der Waals surface area contributed by atoms with Gasteiger partial charge in [0.05, 0.1) is 14.2 Å². The van der Waals surface area contributed by atoms with Crippen LogP contribution < -0.4 is 14.8 Å². The number of hydrogen-bond donors (Lipinski definition) is 1. The first-order valence-corrected chi connectivity index (χ1v) is 8.60. The first-order chi connectivity index (χ1) is 10.7. The number of rotatable bonds is 2. The van der Waals surface area contributed by atoms with E-state index in [4.69, 9.17) is 9.47 Å². The molecule has 4 heteroatoms. The molecule has 1 N–H and O–H groups in total. The van der Waals surface area contributed by atoms with Crippen LogP contribution in [0.1, 0.15) is 38.8 Å². The van der Waals surface area contributed by atoms with Crippen LogP contribution in [0.15, 0.2) is 18.2 Å². The summed E-state index contributed by atoms with van der Waals surface area (Å²) in [7, 11) is 3.42. The predicted molar refractivity (Wildman–Crippen MR) is 89.4 cm³/mol. The molecular weight excluding hydrogens is 294 g/mol. The van der Waals surface area contributed by atoms with E-state index in [1.807, 2.05) is 11.3 Å². The van der Waals surface area contributed by atoms with Gasteiger partial charge < -0.3 is 14.8 Å². The van der Waals surface area contributed by atoms with E-state index in [-0.39, 0.29) is 0 Å². The third-order valence-corrected chi connectivity index (χ3v) is 6.00. The smallest absolute Gasteiger partial charge is 0.161 e. The lowest BCUT2D eigenvalue weighted by Crippen LogP contribution is -2.42. The average Bonchev–Trinajstić information content (AvgIpc) is 2.93. The molecule has 2 aliphatic rings. The van der Waals surface area contributed by atoms with Gasteiger partial charge in [-0.25, -0.2) is 0 Å². The summed E-state index contributed by atoms with van der Waals surface area (Å²) >= 11 is 1.92. The summed E-state index contributed by atoms with van der Waals surface area (Å²) in [5.41, 5.74) is 4.32. The number of ether oxygens (including phenoxy) is 2. The highest BCUT2D eigenvalue weighted by Gasteiger charge is 2.36. The maximum atomic E-state index is 5.53. The van der Waals surface area contributed by atoms with Gasteiger partial charge >= 0.3 is 0 Å². The lowest BCUT2D eigenvalue weighted by molar-refractivity contribution is 0.349. The van der Waals surface area contributed by atoms with Crippen molar-refractivity contribution in [2.45, 2.75) is 38.3 Å². The molecule has 0 bridgehead atoms. The van der Waals surface area contributed by atoms with Crippen LogP contribution in [-0.2, 0) is 13.0 Å². The minimum Gasteiger partial charge on any atom is -0.493 e. The van der Waals surface area contributed by atoms with Crippen LogP contribution in [0.4, 0.5) is 0 Å². The van der Waals surface area contributed by atoms with Gasteiger partial charge in [0.25, 0.3) is 0 Å². The Hall–Kier alpha value is -1.52. The van der Waals surface area contributed by atoms with Gasteiger partial charge in [0.2, 0.25) is 0 Å². The minimum absolute atomic E-state index is 0.442. The van der Waals surface area contributed by atoms with Gasteiger partial charge in [-0.3, -0.25) is 0 Å². The molecule has 1 aliphatic heterocycles. The number of nitrogens with one attached hydrogen (secondary N) is 1. The van der Waals surface area contributed by atoms with Crippen molar-refractivity contribution in [1.82, 2.24) is 5.32 Å². The Labute approximate surface area is 135 Å². The lowest BCUT2D eigenvalue weighted by Gasteiger charge is -2.38. The number of fused-ring (bicyclic) bond motifs is 5. The van der Waals surface area contributed by atoms with E-state index in [1.165, 1.54) is 32.9 Å². The van der Waals surface area contributed by atoms with Gasteiger partial charge in [-0.2, -0.15) is 0 Å². The van der Waals surface area contributed by atoms with Crippen molar-refractivity contribution >= 4 is 11.3 Å². The third-order valence-electron chi connectivity index (χ3n) is 4.93. The number of hydrogen-bond acceptors (Lipinski definition) is 4. The van der Waals surface area contributed by atoms with Crippen molar-refractivity contribution < 1.29 is 9.47 Å². The Morgan fingerprint density at radius 2 is 1.86 bits per heavy atom. The summed E-state index contributed by atoms with van der Waals surface area (Å²) in [5, 5.41) is 3.74. The van der Waals surface area contributed by atoms with Crippen molar-refractivity contribution in [3.8, 4) is 11.5 Å². The highest BCUT2D eigenvalue weighted by Crippen LogP contribution is 2.46. The molecular formula is C18H21NO2S. The Morgan fingerprint density at radius 3 is 2.64 bits per heavy atom. The fourth-order valence-electron chi connectivity index (χ4n) is 3.95. The van der Waals surface area contributed by atoms with Crippen LogP contribution in [0.2, 0.25) is 0 Å². The summed E-state index contributed by atoms with van der Waals surface area (Å²) in [6.45, 7) is 3.22. The van der Waals surface area contributed by atoms with Crippen molar-refractivity contribution in [3.63, 3.8) is 0 Å². The molecule has 1 aliphatic carbocycles. The van der Waals surface area contributed by atoms with Gasteiger partial charge in [0.15, 0.2) is 11.5 Å². The topological polar surface area (TPSA) is 30.5 Å². The monoisotopic (exact) mass is 315 g/mol. The third kappa shape index (κ3) is 2.05. The van der Waals surface area contributed by atoms with Crippen LogP contribution >= 0.6 is 11.3 Å². The van der Waals surface area contributed by atoms with E-state index in [9.17, 15) is 0 Å². The molecule has 4 rings (SSSR count). The number of benzene rings is 1. The Morgan fingerprint density at radius 1 is 1.09 bits per heavy atom. The van der Waals surface area contributed by atoms with E-state index in [1.54, 1.807) is 14.2 Å². The molecule has 0 amide bonds. The van der Waals surface area contributed by atoms with Crippen LogP contribution in [0, 0.1) is 6.92 Å². The fraction of sp³-hybridized carbons (Fsp3) is 0.444. The molecule has 1 aromatic heterocycles. The number of thiophene rings is 1. The van der Waals surface area contributed by atoms with Gasteiger partial charge in [0.1, 0.15) is 0 Å². The summed E-state index contributed by atoms with van der Waals surface area (Å²) in [6, 6.07) is 7.27. The normalized spacial score (nSPS) is 22.5. The van der Waals surface area contributed by atoms with E-state index in [0.717, 1.165) is 24.5 Å². The van der Waals surface area contributed by atoms with Crippen LogP contribution in [-0.4, -0.2) is 20.3 Å². The maximum absolute atomic E-state index is 5.53. The summed E-state index contributed by atoms with van der Waals surface area (Å²) in [6.07, 6.45) is 2.28. The van der Waals surface area contributed by atoms with Gasteiger partial charge in [-0.1, -0.05) is 0 Å². The minimum atomic E-state index is 0.442. The van der Waals surface area contributed by atoms with Crippen LogP contribution in [0.25, 0.3) is 0 Å². The zero-order chi connectivity index (χ0) is 15.3. The largest absolute Gasteiger partial charge is 0.493 e. The van der Waals surface area contributed by atoms with Crippen molar-refractivity contribution in [1.29, 1.82) is 0 Å². The summed E-state index contributed by atoms with van der Waals surface area (Å²) in [4.78, 5) is 2.89. The Balaban J connectivity index is 1.88. The fourth-order valence-corrected chi connectivity index (χ4v) is 4.98. The second-order valence-electron chi connectivity index (χ2n) is 6.15. The summed E-state index contributed by atoms with van der Waals surface area (Å²) < 4.78 is 11.0. The van der Waals surface area contributed by atoms with Crippen molar-refractivity contribution in [2.24, 2.45) is 0 Å². The zero-order valence-corrected chi connectivity index (χ0v) is 14.0.